The molecule has 2 aromatic carbocycles. The first-order valence-electron chi connectivity index (χ1n) is 13.5. The smallest absolute Gasteiger partial charge is 0.258 e. The summed E-state index contributed by atoms with van der Waals surface area (Å²) in [7, 11) is 1.95. The number of benzene rings is 2. The summed E-state index contributed by atoms with van der Waals surface area (Å²) in [5.41, 5.74) is 2.68. The summed E-state index contributed by atoms with van der Waals surface area (Å²) in [5.74, 6) is 2.52. The van der Waals surface area contributed by atoms with Crippen LogP contribution >= 0.6 is 0 Å². The fraction of sp³-hybridized carbons (Fsp3) is 0.379. The van der Waals surface area contributed by atoms with Gasteiger partial charge < -0.3 is 25.6 Å². The Kier molecular flexibility index (Phi) is 9.69. The molecule has 0 fully saturated rings. The molecule has 4 aromatic rings. The molecule has 0 saturated heterocycles. The molecule has 0 aliphatic carbocycles. The number of unbranched alkanes of at least 4 members (excludes halogenated alkanes) is 1. The molecule has 0 spiro atoms. The first kappa shape index (κ1) is 27.8. The average Bonchev–Trinajstić information content (AvgIpc) is 3.40. The normalized spacial score (nSPS) is 11.1. The zero-order valence-electron chi connectivity index (χ0n) is 23.1. The number of nitrogens with zero attached hydrogens (tertiary/aromatic N) is 4. The Balaban J connectivity index is 1.66. The zero-order valence-corrected chi connectivity index (χ0v) is 23.1. The Labute approximate surface area is 229 Å². The van der Waals surface area contributed by atoms with Crippen LogP contribution < -0.4 is 25.6 Å². The van der Waals surface area contributed by atoms with Crippen LogP contribution in [0.4, 0.5) is 17.3 Å². The molecular formula is C29H38N8O2. The quantitative estimate of drug-likeness (QED) is 0.188. The van der Waals surface area contributed by atoms with E-state index >= 15 is 0 Å². The van der Waals surface area contributed by atoms with Crippen molar-refractivity contribution in [1.29, 1.82) is 0 Å². The van der Waals surface area contributed by atoms with Crippen LogP contribution in [0.3, 0.4) is 0 Å². The maximum absolute atomic E-state index is 12.1. The van der Waals surface area contributed by atoms with Crippen molar-refractivity contribution in [3.05, 3.63) is 54.7 Å². The number of carbonyl (C=O) groups excluding carboxylic acids is 1. The predicted molar refractivity (Wildman–Crippen MR) is 157 cm³/mol. The molecule has 1 amide bonds. The number of ether oxygens (including phenoxy) is 1. The number of carbonyl (C=O) groups is 1. The summed E-state index contributed by atoms with van der Waals surface area (Å²) < 4.78 is 5.76. The first-order chi connectivity index (χ1) is 18.9. The molecule has 0 aliphatic heterocycles. The van der Waals surface area contributed by atoms with E-state index in [4.69, 9.17) is 14.7 Å². The van der Waals surface area contributed by atoms with Gasteiger partial charge >= 0.3 is 0 Å². The molecule has 0 bridgehead atoms. The highest BCUT2D eigenvalue weighted by atomic mass is 16.5. The largest absolute Gasteiger partial charge is 0.484 e. The van der Waals surface area contributed by atoms with E-state index in [0.29, 0.717) is 17.4 Å². The van der Waals surface area contributed by atoms with E-state index in [2.05, 4.69) is 38.0 Å². The molecule has 2 heterocycles. The molecule has 10 heteroatoms. The van der Waals surface area contributed by atoms with Gasteiger partial charge in [0.1, 0.15) is 17.4 Å². The third-order valence-electron chi connectivity index (χ3n) is 6.07. The number of H-pyrrole nitrogens is 1. The highest BCUT2D eigenvalue weighted by molar-refractivity contribution is 5.83. The molecular weight excluding hydrogens is 492 g/mol. The lowest BCUT2D eigenvalue weighted by Gasteiger charge is -2.24. The van der Waals surface area contributed by atoms with Gasteiger partial charge in [0.2, 0.25) is 0 Å². The predicted octanol–water partition coefficient (Wildman–Crippen LogP) is 4.49. The van der Waals surface area contributed by atoms with Crippen molar-refractivity contribution >= 4 is 34.1 Å². The van der Waals surface area contributed by atoms with Crippen LogP contribution in [0.1, 0.15) is 33.6 Å². The number of hydrogen-bond acceptors (Lipinski definition) is 8. The van der Waals surface area contributed by atoms with Crippen molar-refractivity contribution in [2.75, 3.05) is 43.5 Å². The van der Waals surface area contributed by atoms with Crippen molar-refractivity contribution in [3.8, 4) is 17.1 Å². The summed E-state index contributed by atoms with van der Waals surface area (Å²) >= 11 is 0. The number of aromatic amines is 1. The number of likely N-dealkylation sites (N-methyl/N-ethyl adjacent to an activating group) is 1. The SMILES string of the molecule is CCCCN(CCNC)c1cc(Nc2ccc3[nH]ncc3c2)nc(-c2cccc(OCC(=O)NC(C)C)c2)n1. The summed E-state index contributed by atoms with van der Waals surface area (Å²) in [6, 6.07) is 15.6. The first-order valence-corrected chi connectivity index (χ1v) is 13.5. The molecule has 0 saturated carbocycles. The topological polar surface area (TPSA) is 120 Å². The molecule has 10 nitrogen and oxygen atoms in total. The van der Waals surface area contributed by atoms with Gasteiger partial charge in [0.05, 0.1) is 11.7 Å². The van der Waals surface area contributed by atoms with E-state index < -0.39 is 0 Å². The number of amides is 1. The summed E-state index contributed by atoms with van der Waals surface area (Å²) in [5, 5.41) is 17.7. The maximum Gasteiger partial charge on any atom is 0.258 e. The number of anilines is 3. The van der Waals surface area contributed by atoms with Crippen LogP contribution in [0.15, 0.2) is 54.7 Å². The number of hydrogen-bond donors (Lipinski definition) is 4. The minimum atomic E-state index is -0.161. The summed E-state index contributed by atoms with van der Waals surface area (Å²) in [6.45, 7) is 8.52. The highest BCUT2D eigenvalue weighted by Crippen LogP contribution is 2.28. The second kappa shape index (κ2) is 13.6. The van der Waals surface area contributed by atoms with E-state index in [0.717, 1.165) is 60.4 Å². The van der Waals surface area contributed by atoms with Crippen LogP contribution in [0.25, 0.3) is 22.3 Å². The van der Waals surface area contributed by atoms with E-state index in [9.17, 15) is 4.79 Å². The summed E-state index contributed by atoms with van der Waals surface area (Å²) in [4.78, 5) is 24.2. The van der Waals surface area contributed by atoms with Gasteiger partial charge in [0.15, 0.2) is 12.4 Å². The Morgan fingerprint density at radius 1 is 1.10 bits per heavy atom. The van der Waals surface area contributed by atoms with Crippen molar-refractivity contribution in [1.82, 2.24) is 30.8 Å². The second-order valence-electron chi connectivity index (χ2n) is 9.71. The molecule has 4 rings (SSSR count). The molecule has 39 heavy (non-hydrogen) atoms. The lowest BCUT2D eigenvalue weighted by atomic mass is 10.2. The Morgan fingerprint density at radius 2 is 1.97 bits per heavy atom. The third-order valence-corrected chi connectivity index (χ3v) is 6.07. The highest BCUT2D eigenvalue weighted by Gasteiger charge is 2.14. The van der Waals surface area contributed by atoms with E-state index in [1.54, 1.807) is 6.20 Å². The molecule has 0 unspecified atom stereocenters. The number of nitrogens with one attached hydrogen (secondary N) is 4. The molecule has 2 aromatic heterocycles. The van der Waals surface area contributed by atoms with Crippen LogP contribution in [0.2, 0.25) is 0 Å². The standard InChI is InChI=1S/C29H38N8O2/c1-5-6-13-37(14-12-30-4)27-17-26(33-23-10-11-25-22(15-23)18-31-36-25)34-29(35-27)21-8-7-9-24(16-21)39-19-28(38)32-20(2)3/h7-11,15-18,20,30H,5-6,12-14,19H2,1-4H3,(H,31,36)(H,32,38)(H,33,34,35). The van der Waals surface area contributed by atoms with Crippen LogP contribution in [0.5, 0.6) is 5.75 Å². The van der Waals surface area contributed by atoms with Gasteiger partial charge in [-0.3, -0.25) is 9.89 Å². The number of aromatic nitrogens is 4. The molecule has 0 radical (unpaired) electrons. The van der Waals surface area contributed by atoms with E-state index in [1.165, 1.54) is 0 Å². The minimum absolute atomic E-state index is 0.0549. The average molecular weight is 531 g/mol. The van der Waals surface area contributed by atoms with Crippen molar-refractivity contribution in [2.45, 2.75) is 39.7 Å². The van der Waals surface area contributed by atoms with Gasteiger partial charge in [-0.25, -0.2) is 9.97 Å². The maximum atomic E-state index is 12.1. The molecule has 206 valence electrons. The van der Waals surface area contributed by atoms with Crippen molar-refractivity contribution in [2.24, 2.45) is 0 Å². The Bertz CT molecular complexity index is 1360. The van der Waals surface area contributed by atoms with Gasteiger partial charge in [0, 0.05) is 48.4 Å². The fourth-order valence-electron chi connectivity index (χ4n) is 4.13. The second-order valence-corrected chi connectivity index (χ2v) is 9.71. The Morgan fingerprint density at radius 3 is 2.77 bits per heavy atom. The van der Waals surface area contributed by atoms with Crippen molar-refractivity contribution < 1.29 is 9.53 Å². The van der Waals surface area contributed by atoms with Gasteiger partial charge in [-0.05, 0) is 57.6 Å². The van der Waals surface area contributed by atoms with Gasteiger partial charge in [-0.1, -0.05) is 25.5 Å². The number of rotatable bonds is 14. The molecule has 0 atom stereocenters. The lowest BCUT2D eigenvalue weighted by Crippen LogP contribution is -2.34. The van der Waals surface area contributed by atoms with Gasteiger partial charge in [0.25, 0.3) is 5.91 Å². The van der Waals surface area contributed by atoms with Crippen molar-refractivity contribution in [3.63, 3.8) is 0 Å². The van der Waals surface area contributed by atoms with E-state index in [-0.39, 0.29) is 18.6 Å². The number of fused-ring (bicyclic) bond motifs is 1. The lowest BCUT2D eigenvalue weighted by molar-refractivity contribution is -0.123. The monoisotopic (exact) mass is 530 g/mol. The fourth-order valence-corrected chi connectivity index (χ4v) is 4.13. The molecule has 0 aliphatic rings. The van der Waals surface area contributed by atoms with Gasteiger partial charge in [-0.15, -0.1) is 0 Å². The van der Waals surface area contributed by atoms with E-state index in [1.807, 2.05) is 69.4 Å². The zero-order chi connectivity index (χ0) is 27.6. The van der Waals surface area contributed by atoms with Gasteiger partial charge in [-0.2, -0.15) is 5.10 Å². The molecule has 4 N–H and O–H groups in total. The Hall–Kier alpha value is -4.18. The van der Waals surface area contributed by atoms with Crippen LogP contribution in [0, 0.1) is 0 Å². The van der Waals surface area contributed by atoms with Crippen LogP contribution in [-0.2, 0) is 4.79 Å². The third kappa shape index (κ3) is 7.90. The minimum Gasteiger partial charge on any atom is -0.484 e. The summed E-state index contributed by atoms with van der Waals surface area (Å²) in [6.07, 6.45) is 3.95. The van der Waals surface area contributed by atoms with Crippen LogP contribution in [-0.4, -0.2) is 65.4 Å².